The average molecular weight is 214 g/mol. The number of hydrogen-bond donors (Lipinski definition) is 2. The van der Waals surface area contributed by atoms with Gasteiger partial charge in [-0.15, -0.1) is 0 Å². The van der Waals surface area contributed by atoms with Gasteiger partial charge in [0.05, 0.1) is 0 Å². The Balaban J connectivity index is 2.79. The third-order valence-electron chi connectivity index (χ3n) is 1.91. The molecule has 1 rings (SSSR count). The molecule has 0 heterocycles. The summed E-state index contributed by atoms with van der Waals surface area (Å²) < 4.78 is 4.76. The maximum atomic E-state index is 8.63. The first-order valence-electron chi connectivity index (χ1n) is 4.36. The van der Waals surface area contributed by atoms with Crippen molar-refractivity contribution in [2.45, 2.75) is 26.2 Å². The fourth-order valence-corrected chi connectivity index (χ4v) is 1.42. The Bertz CT molecular complexity index is 287. The van der Waals surface area contributed by atoms with E-state index in [0.717, 1.165) is 0 Å². The molecule has 0 radical (unpaired) electrons. The van der Waals surface area contributed by atoms with E-state index in [1.54, 1.807) is 12.1 Å². The first-order chi connectivity index (χ1) is 6.39. The first-order valence-corrected chi connectivity index (χ1v) is 5.52. The normalized spacial score (nSPS) is 11.9. The predicted octanol–water partition coefficient (Wildman–Crippen LogP) is 2.57. The van der Waals surface area contributed by atoms with Crippen molar-refractivity contribution in [2.24, 2.45) is 0 Å². The first kappa shape index (κ1) is 11.4. The average Bonchev–Trinajstić information content (AvgIpc) is 2.02. The maximum Gasteiger partial charge on any atom is 0.391 e. The lowest BCUT2D eigenvalue weighted by molar-refractivity contribution is 0.375. The molecule has 0 aliphatic heterocycles. The van der Waals surface area contributed by atoms with Crippen molar-refractivity contribution < 1.29 is 14.3 Å². The van der Waals surface area contributed by atoms with E-state index in [0.29, 0.717) is 5.75 Å². The monoisotopic (exact) mass is 214 g/mol. The summed E-state index contributed by atoms with van der Waals surface area (Å²) in [7, 11) is -2.31. The zero-order chi connectivity index (χ0) is 10.8. The smallest absolute Gasteiger partial charge is 0.391 e. The molecule has 78 valence electrons. The van der Waals surface area contributed by atoms with Crippen molar-refractivity contribution in [3.8, 4) is 5.75 Å². The van der Waals surface area contributed by atoms with Crippen LogP contribution in [0.4, 0.5) is 0 Å². The summed E-state index contributed by atoms with van der Waals surface area (Å²) in [6, 6.07) is 7.33. The minimum atomic E-state index is -2.31. The van der Waals surface area contributed by atoms with Crippen molar-refractivity contribution in [1.29, 1.82) is 0 Å². The Labute approximate surface area is 85.4 Å². The van der Waals surface area contributed by atoms with Crippen LogP contribution >= 0.6 is 8.60 Å². The molecule has 0 saturated heterocycles. The minimum absolute atomic E-state index is 0.0989. The highest BCUT2D eigenvalue weighted by Crippen LogP contribution is 2.30. The lowest BCUT2D eigenvalue weighted by Crippen LogP contribution is -2.10. The van der Waals surface area contributed by atoms with Crippen molar-refractivity contribution in [3.63, 3.8) is 0 Å². The highest BCUT2D eigenvalue weighted by atomic mass is 31.2. The number of rotatable bonds is 2. The Morgan fingerprint density at radius 2 is 1.57 bits per heavy atom. The summed E-state index contributed by atoms with van der Waals surface area (Å²) in [5.41, 5.74) is 1.28. The summed E-state index contributed by atoms with van der Waals surface area (Å²) in [6.45, 7) is 6.36. The highest BCUT2D eigenvalue weighted by Gasteiger charge is 2.13. The molecule has 0 aliphatic rings. The highest BCUT2D eigenvalue weighted by molar-refractivity contribution is 7.39. The SMILES string of the molecule is CC(C)(C)c1ccc(OP(O)O)cc1. The molecule has 0 amide bonds. The quantitative estimate of drug-likeness (QED) is 0.744. The van der Waals surface area contributed by atoms with E-state index in [2.05, 4.69) is 20.8 Å². The van der Waals surface area contributed by atoms with E-state index in [1.165, 1.54) is 5.56 Å². The molecule has 0 unspecified atom stereocenters. The number of benzene rings is 1. The van der Waals surface area contributed by atoms with E-state index in [1.807, 2.05) is 12.1 Å². The minimum Gasteiger partial charge on any atom is -0.427 e. The van der Waals surface area contributed by atoms with Crippen molar-refractivity contribution in [3.05, 3.63) is 29.8 Å². The van der Waals surface area contributed by atoms with E-state index < -0.39 is 8.60 Å². The Hall–Kier alpha value is -0.630. The summed E-state index contributed by atoms with van der Waals surface area (Å²) >= 11 is 0. The van der Waals surface area contributed by atoms with Gasteiger partial charge < -0.3 is 14.3 Å². The molecule has 0 atom stereocenters. The van der Waals surface area contributed by atoms with Crippen LogP contribution in [-0.2, 0) is 5.41 Å². The van der Waals surface area contributed by atoms with E-state index in [4.69, 9.17) is 14.3 Å². The molecule has 0 saturated carbocycles. The Morgan fingerprint density at radius 1 is 1.07 bits per heavy atom. The molecule has 0 fully saturated rings. The molecule has 2 N–H and O–H groups in total. The van der Waals surface area contributed by atoms with E-state index in [-0.39, 0.29) is 5.41 Å². The van der Waals surface area contributed by atoms with Crippen LogP contribution in [0.25, 0.3) is 0 Å². The van der Waals surface area contributed by atoms with Crippen molar-refractivity contribution >= 4 is 8.60 Å². The Kier molecular flexibility index (Phi) is 3.48. The molecule has 0 spiro atoms. The molecule has 1 aromatic rings. The van der Waals surface area contributed by atoms with Gasteiger partial charge in [-0.2, -0.15) is 0 Å². The van der Waals surface area contributed by atoms with Crippen LogP contribution in [0, 0.1) is 0 Å². The molecule has 1 aromatic carbocycles. The van der Waals surface area contributed by atoms with Gasteiger partial charge >= 0.3 is 8.60 Å². The van der Waals surface area contributed by atoms with E-state index >= 15 is 0 Å². The van der Waals surface area contributed by atoms with Gasteiger partial charge in [0.25, 0.3) is 0 Å². The molecule has 0 bridgehead atoms. The summed E-state index contributed by atoms with van der Waals surface area (Å²) in [5, 5.41) is 0. The fraction of sp³-hybridized carbons (Fsp3) is 0.400. The predicted molar refractivity (Wildman–Crippen MR) is 57.1 cm³/mol. The van der Waals surface area contributed by atoms with Gasteiger partial charge in [0.2, 0.25) is 0 Å². The standard InChI is InChI=1S/C10H15O3P/c1-10(2,3)8-4-6-9(7-5-8)13-14(11)12/h4-7,11-12H,1-3H3. The molecule has 4 heteroatoms. The van der Waals surface area contributed by atoms with Gasteiger partial charge in [0, 0.05) is 0 Å². The zero-order valence-electron chi connectivity index (χ0n) is 8.56. The van der Waals surface area contributed by atoms with E-state index in [9.17, 15) is 0 Å². The van der Waals surface area contributed by atoms with Crippen LogP contribution in [0.15, 0.2) is 24.3 Å². The summed E-state index contributed by atoms with van der Waals surface area (Å²) in [4.78, 5) is 17.3. The van der Waals surface area contributed by atoms with Gasteiger partial charge in [0.1, 0.15) is 5.75 Å². The lowest BCUT2D eigenvalue weighted by Gasteiger charge is -2.19. The van der Waals surface area contributed by atoms with Crippen molar-refractivity contribution in [1.82, 2.24) is 0 Å². The molecule has 0 aromatic heterocycles. The van der Waals surface area contributed by atoms with Crippen LogP contribution in [0.3, 0.4) is 0 Å². The summed E-state index contributed by atoms with van der Waals surface area (Å²) in [5.74, 6) is 0.481. The topological polar surface area (TPSA) is 49.7 Å². The Morgan fingerprint density at radius 3 is 1.93 bits per heavy atom. The van der Waals surface area contributed by atoms with Crippen LogP contribution in [0.5, 0.6) is 5.75 Å². The van der Waals surface area contributed by atoms with Crippen LogP contribution in [-0.4, -0.2) is 9.79 Å². The molecule has 0 aliphatic carbocycles. The second-order valence-electron chi connectivity index (χ2n) is 4.12. The summed E-state index contributed by atoms with van der Waals surface area (Å²) in [6.07, 6.45) is 0. The molecule has 3 nitrogen and oxygen atoms in total. The largest absolute Gasteiger partial charge is 0.427 e. The fourth-order valence-electron chi connectivity index (χ4n) is 1.11. The third-order valence-corrected chi connectivity index (χ3v) is 2.28. The van der Waals surface area contributed by atoms with Gasteiger partial charge in [-0.3, -0.25) is 0 Å². The maximum absolute atomic E-state index is 8.63. The van der Waals surface area contributed by atoms with Gasteiger partial charge in [0.15, 0.2) is 0 Å². The lowest BCUT2D eigenvalue weighted by atomic mass is 9.87. The van der Waals surface area contributed by atoms with Gasteiger partial charge in [-0.25, -0.2) is 0 Å². The van der Waals surface area contributed by atoms with Crippen molar-refractivity contribution in [2.75, 3.05) is 0 Å². The third kappa shape index (κ3) is 3.26. The molecular weight excluding hydrogens is 199 g/mol. The van der Waals surface area contributed by atoms with Gasteiger partial charge in [-0.1, -0.05) is 32.9 Å². The molecular formula is C10H15O3P. The van der Waals surface area contributed by atoms with Crippen LogP contribution < -0.4 is 4.52 Å². The zero-order valence-corrected chi connectivity index (χ0v) is 9.45. The van der Waals surface area contributed by atoms with Crippen LogP contribution in [0.2, 0.25) is 0 Å². The number of hydrogen-bond acceptors (Lipinski definition) is 3. The molecule has 14 heavy (non-hydrogen) atoms. The second-order valence-corrected chi connectivity index (χ2v) is 4.81. The second kappa shape index (κ2) is 4.26. The van der Waals surface area contributed by atoms with Gasteiger partial charge in [-0.05, 0) is 23.1 Å². The van der Waals surface area contributed by atoms with Crippen LogP contribution in [0.1, 0.15) is 26.3 Å².